The third-order valence-corrected chi connectivity index (χ3v) is 2.74. The Morgan fingerprint density at radius 2 is 2.06 bits per heavy atom. The van der Waals surface area contributed by atoms with Crippen LogP contribution in [0.1, 0.15) is 28.4 Å². The van der Waals surface area contributed by atoms with Gasteiger partial charge in [-0.25, -0.2) is 0 Å². The molecule has 0 heterocycles. The Morgan fingerprint density at radius 1 is 1.41 bits per heavy atom. The van der Waals surface area contributed by atoms with E-state index in [1.54, 1.807) is 25.1 Å². The molecule has 0 saturated heterocycles. The predicted octanol–water partition coefficient (Wildman–Crippen LogP) is 1.77. The summed E-state index contributed by atoms with van der Waals surface area (Å²) >= 11 is 3.16. The number of aliphatic hydroxyl groups excluding tert-OH is 1. The summed E-state index contributed by atoms with van der Waals surface area (Å²) in [5.74, 6) is -1.17. The van der Waals surface area contributed by atoms with Gasteiger partial charge in [0, 0.05) is 5.56 Å². The first kappa shape index (κ1) is 13.9. The molecule has 92 valence electrons. The molecule has 2 N–H and O–H groups in total. The molecule has 0 aromatic heterocycles. The molecule has 0 radical (unpaired) electrons. The van der Waals surface area contributed by atoms with E-state index < -0.39 is 5.97 Å². The van der Waals surface area contributed by atoms with Crippen LogP contribution in [0.5, 0.6) is 0 Å². The number of halogens is 1. The van der Waals surface area contributed by atoms with E-state index in [1.165, 1.54) is 0 Å². The number of carboxylic acid groups (broad SMARTS) is 1. The Morgan fingerprint density at radius 3 is 2.53 bits per heavy atom. The molecule has 0 aliphatic carbocycles. The second-order valence-corrected chi connectivity index (χ2v) is 5.07. The van der Waals surface area contributed by atoms with E-state index in [9.17, 15) is 9.59 Å². The Labute approximate surface area is 107 Å². The zero-order chi connectivity index (χ0) is 13.0. The molecular formula is C12H13BrO4. The molecule has 1 atom stereocenters. The monoisotopic (exact) mass is 300 g/mol. The van der Waals surface area contributed by atoms with Gasteiger partial charge in [0.1, 0.15) is 0 Å². The number of benzene rings is 1. The lowest BCUT2D eigenvalue weighted by Crippen LogP contribution is -2.15. The third-order valence-electron chi connectivity index (χ3n) is 2.33. The summed E-state index contributed by atoms with van der Waals surface area (Å²) in [6, 6.07) is 4.73. The normalized spacial score (nSPS) is 12.2. The minimum absolute atomic E-state index is 0.176. The van der Waals surface area contributed by atoms with Gasteiger partial charge in [-0.05, 0) is 24.1 Å². The Kier molecular flexibility index (Phi) is 4.84. The van der Waals surface area contributed by atoms with Crippen LogP contribution >= 0.6 is 15.9 Å². The van der Waals surface area contributed by atoms with Gasteiger partial charge in [-0.1, -0.05) is 28.1 Å². The first-order valence-corrected chi connectivity index (χ1v) is 6.00. The summed E-state index contributed by atoms with van der Waals surface area (Å²) in [5, 5.41) is 17.8. The molecule has 0 amide bonds. The number of hydrogen-bond acceptors (Lipinski definition) is 3. The average Bonchev–Trinajstić information content (AvgIpc) is 2.27. The number of carbonyl (C=O) groups excluding carboxylic acids is 1. The molecule has 1 rings (SSSR count). The summed E-state index contributed by atoms with van der Waals surface area (Å²) in [7, 11) is 0. The van der Waals surface area contributed by atoms with Gasteiger partial charge in [-0.2, -0.15) is 0 Å². The Hall–Kier alpha value is -1.20. The van der Waals surface area contributed by atoms with Gasteiger partial charge in [-0.15, -0.1) is 0 Å². The number of aliphatic hydroxyl groups is 1. The van der Waals surface area contributed by atoms with E-state index in [-0.39, 0.29) is 23.6 Å². The molecule has 0 spiro atoms. The van der Waals surface area contributed by atoms with Crippen molar-refractivity contribution in [2.24, 2.45) is 0 Å². The zero-order valence-electron chi connectivity index (χ0n) is 9.31. The summed E-state index contributed by atoms with van der Waals surface area (Å²) in [6.45, 7) is 1.50. The molecule has 0 fully saturated rings. The van der Waals surface area contributed by atoms with Crippen molar-refractivity contribution in [3.05, 3.63) is 34.9 Å². The van der Waals surface area contributed by atoms with Crippen molar-refractivity contribution in [1.29, 1.82) is 0 Å². The molecule has 1 unspecified atom stereocenters. The quantitative estimate of drug-likeness (QED) is 0.642. The number of aliphatic carboxylic acids is 1. The van der Waals surface area contributed by atoms with Crippen LogP contribution in [0.3, 0.4) is 0 Å². The smallest absolute Gasteiger partial charge is 0.307 e. The molecule has 1 aromatic rings. The van der Waals surface area contributed by atoms with Crippen molar-refractivity contribution >= 4 is 27.7 Å². The SMILES string of the molecule is CC(Br)C(=O)c1cc(CO)ccc1CC(=O)O. The maximum absolute atomic E-state index is 11.9. The van der Waals surface area contributed by atoms with Gasteiger partial charge < -0.3 is 10.2 Å². The molecular weight excluding hydrogens is 288 g/mol. The number of carboxylic acids is 1. The summed E-state index contributed by atoms with van der Waals surface area (Å²) in [4.78, 5) is 22.2. The zero-order valence-corrected chi connectivity index (χ0v) is 10.9. The van der Waals surface area contributed by atoms with Crippen molar-refractivity contribution in [2.45, 2.75) is 24.8 Å². The average molecular weight is 301 g/mol. The van der Waals surface area contributed by atoms with Crippen LogP contribution < -0.4 is 0 Å². The highest BCUT2D eigenvalue weighted by Gasteiger charge is 2.17. The van der Waals surface area contributed by atoms with Crippen LogP contribution in [0.15, 0.2) is 18.2 Å². The van der Waals surface area contributed by atoms with Crippen LogP contribution in [0.2, 0.25) is 0 Å². The molecule has 0 aliphatic heterocycles. The van der Waals surface area contributed by atoms with Gasteiger partial charge in [0.2, 0.25) is 0 Å². The molecule has 4 nitrogen and oxygen atoms in total. The minimum atomic E-state index is -0.988. The van der Waals surface area contributed by atoms with Gasteiger partial charge in [0.05, 0.1) is 17.9 Å². The first-order valence-electron chi connectivity index (χ1n) is 5.08. The molecule has 17 heavy (non-hydrogen) atoms. The largest absolute Gasteiger partial charge is 0.481 e. The minimum Gasteiger partial charge on any atom is -0.481 e. The highest BCUT2D eigenvalue weighted by molar-refractivity contribution is 9.10. The summed E-state index contributed by atoms with van der Waals surface area (Å²) in [5.41, 5.74) is 1.41. The fourth-order valence-corrected chi connectivity index (χ4v) is 1.73. The third kappa shape index (κ3) is 3.64. The number of hydrogen-bond donors (Lipinski definition) is 2. The number of rotatable bonds is 5. The van der Waals surface area contributed by atoms with Gasteiger partial charge in [0.25, 0.3) is 0 Å². The summed E-state index contributed by atoms with van der Waals surface area (Å²) in [6.07, 6.45) is -0.202. The fourth-order valence-electron chi connectivity index (χ4n) is 1.48. The van der Waals surface area contributed by atoms with Gasteiger partial charge in [0.15, 0.2) is 5.78 Å². The Bertz CT molecular complexity index is 440. The maximum atomic E-state index is 11.9. The van der Waals surface area contributed by atoms with Crippen molar-refractivity contribution in [1.82, 2.24) is 0 Å². The lowest BCUT2D eigenvalue weighted by Gasteiger charge is -2.10. The molecule has 0 bridgehead atoms. The number of ketones is 1. The van der Waals surface area contributed by atoms with Gasteiger partial charge in [-0.3, -0.25) is 9.59 Å². The number of alkyl halides is 1. The summed E-state index contributed by atoms with van der Waals surface area (Å²) < 4.78 is 0. The highest BCUT2D eigenvalue weighted by Crippen LogP contribution is 2.18. The first-order chi connectivity index (χ1) is 7.95. The standard InChI is InChI=1S/C12H13BrO4/c1-7(13)12(17)10-4-8(6-14)2-3-9(10)5-11(15)16/h2-4,7,14H,5-6H2,1H3,(H,15,16). The maximum Gasteiger partial charge on any atom is 0.307 e. The topological polar surface area (TPSA) is 74.6 Å². The van der Waals surface area contributed by atoms with Crippen LogP contribution in [0.4, 0.5) is 0 Å². The fraction of sp³-hybridized carbons (Fsp3) is 0.333. The molecule has 0 saturated carbocycles. The van der Waals surface area contributed by atoms with Crippen molar-refractivity contribution < 1.29 is 19.8 Å². The van der Waals surface area contributed by atoms with Crippen LogP contribution in [0.25, 0.3) is 0 Å². The molecule has 5 heteroatoms. The van der Waals surface area contributed by atoms with E-state index in [0.717, 1.165) is 0 Å². The van der Waals surface area contributed by atoms with Crippen molar-refractivity contribution in [2.75, 3.05) is 0 Å². The lowest BCUT2D eigenvalue weighted by atomic mass is 9.97. The molecule has 0 aliphatic rings. The van der Waals surface area contributed by atoms with E-state index in [4.69, 9.17) is 10.2 Å². The van der Waals surface area contributed by atoms with Crippen molar-refractivity contribution in [3.63, 3.8) is 0 Å². The second-order valence-electron chi connectivity index (χ2n) is 3.70. The predicted molar refractivity (Wildman–Crippen MR) is 66.4 cm³/mol. The number of Topliss-reactive ketones (excluding diaryl/α,β-unsaturated/α-hetero) is 1. The van der Waals surface area contributed by atoms with E-state index in [0.29, 0.717) is 16.7 Å². The molecule has 1 aromatic carbocycles. The van der Waals surface area contributed by atoms with Crippen LogP contribution in [0, 0.1) is 0 Å². The van der Waals surface area contributed by atoms with Gasteiger partial charge >= 0.3 is 5.97 Å². The van der Waals surface area contributed by atoms with E-state index >= 15 is 0 Å². The highest BCUT2D eigenvalue weighted by atomic mass is 79.9. The van der Waals surface area contributed by atoms with Crippen LogP contribution in [-0.2, 0) is 17.8 Å². The van der Waals surface area contributed by atoms with Crippen molar-refractivity contribution in [3.8, 4) is 0 Å². The number of carbonyl (C=O) groups is 2. The van der Waals surface area contributed by atoms with E-state index in [1.807, 2.05) is 0 Å². The van der Waals surface area contributed by atoms with E-state index in [2.05, 4.69) is 15.9 Å². The lowest BCUT2D eigenvalue weighted by molar-refractivity contribution is -0.136. The Balaban J connectivity index is 3.20. The second kappa shape index (κ2) is 5.93. The van der Waals surface area contributed by atoms with Crippen LogP contribution in [-0.4, -0.2) is 26.8 Å².